The van der Waals surface area contributed by atoms with Gasteiger partial charge in [0.05, 0.1) is 19.2 Å². The summed E-state index contributed by atoms with van der Waals surface area (Å²) in [6.07, 6.45) is 4.23. The summed E-state index contributed by atoms with van der Waals surface area (Å²) in [5, 5.41) is 5.79. The van der Waals surface area contributed by atoms with E-state index in [9.17, 15) is 4.79 Å². The van der Waals surface area contributed by atoms with Gasteiger partial charge in [-0.2, -0.15) is 5.10 Å². The summed E-state index contributed by atoms with van der Waals surface area (Å²) in [7, 11) is 1.32. The second-order valence-electron chi connectivity index (χ2n) is 5.20. The summed E-state index contributed by atoms with van der Waals surface area (Å²) >= 11 is 5.95. The lowest BCUT2D eigenvalue weighted by molar-refractivity contribution is 0.0577. The fourth-order valence-corrected chi connectivity index (χ4v) is 2.44. The van der Waals surface area contributed by atoms with E-state index in [-0.39, 0.29) is 12.4 Å². The Labute approximate surface area is 144 Å². The molecule has 2 aromatic heterocycles. The molecule has 2 heterocycles. The van der Waals surface area contributed by atoms with Crippen molar-refractivity contribution >= 4 is 28.5 Å². The van der Waals surface area contributed by atoms with Crippen molar-refractivity contribution in [1.29, 1.82) is 0 Å². The highest BCUT2D eigenvalue weighted by Crippen LogP contribution is 2.18. The molecule has 0 radical (unpaired) electrons. The van der Waals surface area contributed by atoms with Crippen LogP contribution in [0.2, 0.25) is 5.02 Å². The quantitative estimate of drug-likeness (QED) is 0.507. The first kappa shape index (κ1) is 16.4. The highest BCUT2D eigenvalue weighted by atomic mass is 35.5. The number of benzene rings is 1. The van der Waals surface area contributed by atoms with E-state index < -0.39 is 5.97 Å². The molecule has 6 nitrogen and oxygen atoms in total. The van der Waals surface area contributed by atoms with Gasteiger partial charge >= 0.3 is 5.97 Å². The van der Waals surface area contributed by atoms with E-state index in [1.807, 2.05) is 24.4 Å². The van der Waals surface area contributed by atoms with E-state index in [0.717, 1.165) is 22.9 Å². The molecule has 0 aliphatic rings. The Hall–Kier alpha value is -2.44. The van der Waals surface area contributed by atoms with Crippen LogP contribution in [-0.2, 0) is 22.6 Å². The Morgan fingerprint density at radius 2 is 2.17 bits per heavy atom. The largest absolute Gasteiger partial charge is 0.464 e. The highest BCUT2D eigenvalue weighted by molar-refractivity contribution is 6.31. The lowest BCUT2D eigenvalue weighted by Crippen LogP contribution is -2.08. The zero-order valence-electron chi connectivity index (χ0n) is 13.1. The molecule has 0 aliphatic carbocycles. The van der Waals surface area contributed by atoms with Gasteiger partial charge in [-0.1, -0.05) is 17.7 Å². The fraction of sp³-hybridized carbons (Fsp3) is 0.235. The smallest absolute Gasteiger partial charge is 0.358 e. The number of halogens is 1. The van der Waals surface area contributed by atoms with Crippen LogP contribution in [0.4, 0.5) is 0 Å². The summed E-state index contributed by atoms with van der Waals surface area (Å²) in [6.45, 7) is 0.793. The summed E-state index contributed by atoms with van der Waals surface area (Å²) in [4.78, 5) is 15.7. The molecule has 0 aliphatic heterocycles. The molecular formula is C17H16ClN3O3. The van der Waals surface area contributed by atoms with Gasteiger partial charge in [0.2, 0.25) is 0 Å². The molecule has 124 valence electrons. The predicted octanol–water partition coefficient (Wildman–Crippen LogP) is 3.09. The summed E-state index contributed by atoms with van der Waals surface area (Å²) in [5.74, 6) is -0.462. The summed E-state index contributed by atoms with van der Waals surface area (Å²) in [5.41, 5.74) is 2.22. The standard InChI is InChI=1S/C17H16ClN3O3/c1-23-17(22)15-4-6-21(20-15)11-24-7-5-12-8-13-2-3-14(18)9-16(13)19-10-12/h2-4,6,8-10H,5,7,11H2,1H3. The molecule has 0 saturated heterocycles. The van der Waals surface area contributed by atoms with Crippen LogP contribution in [0.5, 0.6) is 0 Å². The van der Waals surface area contributed by atoms with Gasteiger partial charge in [-0.15, -0.1) is 0 Å². The third kappa shape index (κ3) is 3.90. The van der Waals surface area contributed by atoms with Gasteiger partial charge in [0.25, 0.3) is 0 Å². The van der Waals surface area contributed by atoms with Crippen LogP contribution < -0.4 is 0 Å². The first-order valence-electron chi connectivity index (χ1n) is 7.39. The van der Waals surface area contributed by atoms with Crippen molar-refractivity contribution in [1.82, 2.24) is 14.8 Å². The van der Waals surface area contributed by atoms with Gasteiger partial charge in [0, 0.05) is 22.8 Å². The van der Waals surface area contributed by atoms with Gasteiger partial charge in [-0.25, -0.2) is 9.48 Å². The van der Waals surface area contributed by atoms with Crippen LogP contribution >= 0.6 is 11.6 Å². The molecule has 3 aromatic rings. The number of carbonyl (C=O) groups excluding carboxylic acids is 1. The van der Waals surface area contributed by atoms with E-state index in [4.69, 9.17) is 16.3 Å². The summed E-state index contributed by atoms with van der Waals surface area (Å²) in [6, 6.07) is 9.31. The van der Waals surface area contributed by atoms with Crippen molar-refractivity contribution in [3.63, 3.8) is 0 Å². The lowest BCUT2D eigenvalue weighted by atomic mass is 10.1. The number of carbonyl (C=O) groups is 1. The first-order chi connectivity index (χ1) is 11.7. The molecule has 3 rings (SSSR count). The molecule has 0 spiro atoms. The Morgan fingerprint density at radius 1 is 1.29 bits per heavy atom. The number of esters is 1. The first-order valence-corrected chi connectivity index (χ1v) is 7.77. The molecule has 1 aromatic carbocycles. The molecule has 0 unspecified atom stereocenters. The molecule has 24 heavy (non-hydrogen) atoms. The molecule has 0 atom stereocenters. The van der Waals surface area contributed by atoms with Crippen molar-refractivity contribution in [3.05, 3.63) is 59.0 Å². The van der Waals surface area contributed by atoms with Crippen molar-refractivity contribution in [2.45, 2.75) is 13.2 Å². The van der Waals surface area contributed by atoms with Crippen molar-refractivity contribution in [3.8, 4) is 0 Å². The molecule has 0 fully saturated rings. The van der Waals surface area contributed by atoms with Gasteiger partial charge in [0.1, 0.15) is 6.73 Å². The maximum Gasteiger partial charge on any atom is 0.358 e. The van der Waals surface area contributed by atoms with Crippen molar-refractivity contribution in [2.24, 2.45) is 0 Å². The number of ether oxygens (including phenoxy) is 2. The van der Waals surface area contributed by atoms with E-state index in [1.54, 1.807) is 16.9 Å². The van der Waals surface area contributed by atoms with Crippen LogP contribution in [0.1, 0.15) is 16.1 Å². The van der Waals surface area contributed by atoms with Crippen LogP contribution in [-0.4, -0.2) is 34.5 Å². The third-order valence-corrected chi connectivity index (χ3v) is 3.73. The second kappa shape index (κ2) is 7.42. The minimum absolute atomic E-state index is 0.262. The lowest BCUT2D eigenvalue weighted by Gasteiger charge is -2.06. The van der Waals surface area contributed by atoms with E-state index in [1.165, 1.54) is 7.11 Å². The zero-order valence-corrected chi connectivity index (χ0v) is 13.9. The SMILES string of the molecule is COC(=O)c1ccn(COCCc2cnc3cc(Cl)ccc3c2)n1. The molecule has 0 bridgehead atoms. The third-order valence-electron chi connectivity index (χ3n) is 3.50. The van der Waals surface area contributed by atoms with Crippen LogP contribution in [0.3, 0.4) is 0 Å². The van der Waals surface area contributed by atoms with Gasteiger partial charge in [-0.3, -0.25) is 4.98 Å². The number of nitrogens with zero attached hydrogens (tertiary/aromatic N) is 3. The second-order valence-corrected chi connectivity index (χ2v) is 5.64. The number of methoxy groups -OCH3 is 1. The summed E-state index contributed by atoms with van der Waals surface area (Å²) < 4.78 is 11.7. The molecular weight excluding hydrogens is 330 g/mol. The number of hydrogen-bond acceptors (Lipinski definition) is 5. The van der Waals surface area contributed by atoms with E-state index in [0.29, 0.717) is 11.6 Å². The van der Waals surface area contributed by atoms with Crippen LogP contribution in [0.25, 0.3) is 10.9 Å². The Kier molecular flexibility index (Phi) is 5.08. The minimum Gasteiger partial charge on any atom is -0.464 e. The van der Waals surface area contributed by atoms with Gasteiger partial charge in [0.15, 0.2) is 5.69 Å². The van der Waals surface area contributed by atoms with Crippen molar-refractivity contribution < 1.29 is 14.3 Å². The van der Waals surface area contributed by atoms with E-state index in [2.05, 4.69) is 20.9 Å². The molecule has 7 heteroatoms. The van der Waals surface area contributed by atoms with Gasteiger partial charge in [-0.05, 0) is 36.2 Å². The number of fused-ring (bicyclic) bond motifs is 1. The maximum absolute atomic E-state index is 11.3. The van der Waals surface area contributed by atoms with Crippen molar-refractivity contribution in [2.75, 3.05) is 13.7 Å². The molecule has 0 amide bonds. The normalized spacial score (nSPS) is 10.9. The average molecular weight is 346 g/mol. The van der Waals surface area contributed by atoms with Crippen LogP contribution in [0, 0.1) is 0 Å². The number of rotatable bonds is 6. The average Bonchev–Trinajstić information content (AvgIpc) is 3.07. The fourth-order valence-electron chi connectivity index (χ4n) is 2.27. The number of hydrogen-bond donors (Lipinski definition) is 0. The minimum atomic E-state index is -0.462. The topological polar surface area (TPSA) is 66.2 Å². The van der Waals surface area contributed by atoms with Gasteiger partial charge < -0.3 is 9.47 Å². The number of aromatic nitrogens is 3. The van der Waals surface area contributed by atoms with Crippen LogP contribution in [0.15, 0.2) is 42.7 Å². The monoisotopic (exact) mass is 345 g/mol. The Balaban J connectivity index is 1.52. The van der Waals surface area contributed by atoms with E-state index >= 15 is 0 Å². The predicted molar refractivity (Wildman–Crippen MR) is 90.0 cm³/mol. The Morgan fingerprint density at radius 3 is 3.00 bits per heavy atom. The molecule has 0 N–H and O–H groups in total. The number of pyridine rings is 1. The maximum atomic E-state index is 11.3. The molecule has 0 saturated carbocycles. The zero-order chi connectivity index (χ0) is 16.9. The highest BCUT2D eigenvalue weighted by Gasteiger charge is 2.08. The Bertz CT molecular complexity index is 863.